The molecule has 0 aromatic heterocycles. The van der Waals surface area contributed by atoms with E-state index >= 15 is 0 Å². The molecule has 7 heteroatoms. The van der Waals surface area contributed by atoms with Crippen molar-refractivity contribution in [2.45, 2.75) is 6.55 Å². The molecule has 0 saturated heterocycles. The molecule has 0 spiro atoms. The Morgan fingerprint density at radius 3 is 1.00 bits per heavy atom. The van der Waals surface area contributed by atoms with E-state index in [-0.39, 0.29) is 0 Å². The van der Waals surface area contributed by atoms with E-state index in [0.717, 1.165) is 0 Å². The summed E-state index contributed by atoms with van der Waals surface area (Å²) in [7, 11) is 0. The molecule has 0 N–H and O–H groups in total. The topological polar surface area (TPSA) is 0 Å². The SMILES string of the molecule is C[Si](I)(I)[Si](I)(I)I. The number of hydrogen-bond donors (Lipinski definition) is 0. The molecule has 0 radical (unpaired) electrons. The maximum Gasteiger partial charge on any atom is 0.264 e. The summed E-state index contributed by atoms with van der Waals surface area (Å²) < 4.78 is -1.66. The first-order chi connectivity index (χ1) is 3.25. The lowest BCUT2D eigenvalue weighted by atomic mass is 11.9. The van der Waals surface area contributed by atoms with Gasteiger partial charge in [0.1, 0.15) is 0 Å². The van der Waals surface area contributed by atoms with Gasteiger partial charge in [0.2, 0.25) is 2.58 Å². The van der Waals surface area contributed by atoms with Gasteiger partial charge in [0.25, 0.3) is 0.0813 Å². The van der Waals surface area contributed by atoms with E-state index in [4.69, 9.17) is 0 Å². The van der Waals surface area contributed by atoms with Crippen LogP contribution < -0.4 is 0 Å². The van der Waals surface area contributed by atoms with Gasteiger partial charge < -0.3 is 0 Å². The molecule has 0 aliphatic rings. The van der Waals surface area contributed by atoms with Gasteiger partial charge in [-0.1, -0.05) is 71.9 Å². The molecule has 0 aromatic rings. The summed E-state index contributed by atoms with van der Waals surface area (Å²) in [5, 5.41) is 0. The molecule has 0 aliphatic carbocycles. The Morgan fingerprint density at radius 1 is 0.875 bits per heavy atom. The van der Waals surface area contributed by atoms with Gasteiger partial charge in [-0.05, 0) is 0 Å². The van der Waals surface area contributed by atoms with Crippen molar-refractivity contribution in [1.82, 2.24) is 0 Å². The maximum absolute atomic E-state index is 2.65. The Balaban J connectivity index is 4.02. The fraction of sp³-hybridized carbons (Fsp3) is 1.00. The average Bonchev–Trinajstić information content (AvgIpc) is 1.25. The molecule has 0 saturated carbocycles. The second-order valence-corrected chi connectivity index (χ2v) is 77.0. The summed E-state index contributed by atoms with van der Waals surface area (Å²) in [5.74, 6) is 0. The number of hydrogen-bond acceptors (Lipinski definition) is 0. The average molecular weight is 706 g/mol. The Kier molecular flexibility index (Phi) is 6.58. The van der Waals surface area contributed by atoms with Crippen molar-refractivity contribution in [3.63, 3.8) is 0 Å². The quantitative estimate of drug-likeness (QED) is 0.218. The van der Waals surface area contributed by atoms with Crippen LogP contribution in [-0.4, -0.2) is 2.67 Å². The molecule has 0 unspecified atom stereocenters. The van der Waals surface area contributed by atoms with Crippen molar-refractivity contribution in [2.24, 2.45) is 0 Å². The normalized spacial score (nSPS) is 14.2. The van der Waals surface area contributed by atoms with Crippen LogP contribution in [-0.2, 0) is 0 Å². The van der Waals surface area contributed by atoms with Crippen molar-refractivity contribution in [2.75, 3.05) is 0 Å². The van der Waals surface area contributed by atoms with E-state index in [0.29, 0.717) is 0 Å². The van der Waals surface area contributed by atoms with Crippen LogP contribution in [0.2, 0.25) is 6.55 Å². The summed E-state index contributed by atoms with van der Waals surface area (Å²) in [6, 6.07) is 0. The summed E-state index contributed by atoms with van der Waals surface area (Å²) in [5.41, 5.74) is 0. The molecule has 0 heterocycles. The van der Waals surface area contributed by atoms with E-state index in [1.54, 1.807) is 0 Å². The third kappa shape index (κ3) is 4.86. The van der Waals surface area contributed by atoms with Crippen molar-refractivity contribution in [1.29, 1.82) is 0 Å². The van der Waals surface area contributed by atoms with Gasteiger partial charge in [-0.3, -0.25) is 0 Å². The van der Waals surface area contributed by atoms with Crippen LogP contribution in [0, 0.1) is 0 Å². The molecule has 0 nitrogen and oxygen atoms in total. The van der Waals surface area contributed by atoms with Crippen molar-refractivity contribution in [3.8, 4) is 0 Å². The summed E-state index contributed by atoms with van der Waals surface area (Å²) in [6.07, 6.45) is 0. The Morgan fingerprint density at radius 2 is 1.00 bits per heavy atom. The highest BCUT2D eigenvalue weighted by atomic mass is 127. The lowest BCUT2D eigenvalue weighted by molar-refractivity contribution is 2.35. The van der Waals surface area contributed by atoms with Crippen molar-refractivity contribution in [3.05, 3.63) is 0 Å². The zero-order chi connectivity index (χ0) is 7.00. The van der Waals surface area contributed by atoms with E-state index in [1.807, 2.05) is 0 Å². The largest absolute Gasteiger partial charge is 0.264 e. The van der Waals surface area contributed by atoms with Gasteiger partial charge in [0.05, 0.1) is 0 Å². The van der Waals surface area contributed by atoms with Crippen LogP contribution >= 0.6 is 109 Å². The monoisotopic (exact) mass is 705 g/mol. The molecular weight excluding hydrogens is 703 g/mol. The summed E-state index contributed by atoms with van der Waals surface area (Å²) in [6.45, 7) is 2.42. The fourth-order valence-electron chi connectivity index (χ4n) is 0. The molecule has 0 atom stereocenters. The van der Waals surface area contributed by atoms with Gasteiger partial charge in [0.15, 0.2) is 0 Å². The number of halogens is 5. The highest BCUT2D eigenvalue weighted by Crippen LogP contribution is 2.45. The minimum Gasteiger partial charge on any atom is -0.105 e. The lowest BCUT2D eigenvalue weighted by Crippen LogP contribution is -2.35. The first-order valence-electron chi connectivity index (χ1n) is 1.69. The zero-order valence-corrected chi connectivity index (χ0v) is 16.7. The highest BCUT2D eigenvalue weighted by molar-refractivity contribution is 14.4. The van der Waals surface area contributed by atoms with Crippen LogP contribution in [0.3, 0.4) is 0 Å². The summed E-state index contributed by atoms with van der Waals surface area (Å²) in [4.78, 5) is 0. The van der Waals surface area contributed by atoms with Gasteiger partial charge in [-0.2, -0.15) is 0 Å². The molecule has 0 fully saturated rings. The van der Waals surface area contributed by atoms with Crippen LogP contribution in [0.15, 0.2) is 0 Å². The molecule has 0 amide bonds. The molecule has 50 valence electrons. The van der Waals surface area contributed by atoms with Crippen LogP contribution in [0.1, 0.15) is 0 Å². The van der Waals surface area contributed by atoms with Crippen LogP contribution in [0.25, 0.3) is 0 Å². The van der Waals surface area contributed by atoms with E-state index in [2.05, 4.69) is 116 Å². The second kappa shape index (κ2) is 4.36. The number of rotatable bonds is 1. The predicted molar refractivity (Wildman–Crippen MR) is 87.5 cm³/mol. The van der Waals surface area contributed by atoms with Crippen LogP contribution in [0.5, 0.6) is 0 Å². The maximum atomic E-state index is 2.65. The Labute approximate surface area is 115 Å². The van der Waals surface area contributed by atoms with Crippen molar-refractivity contribution >= 4 is 112 Å². The highest BCUT2D eigenvalue weighted by Gasteiger charge is 2.43. The van der Waals surface area contributed by atoms with E-state index < -0.39 is 2.67 Å². The molecular formula is CH3I5Si2. The third-order valence-electron chi connectivity index (χ3n) is 0.498. The molecule has 8 heavy (non-hydrogen) atoms. The minimum absolute atomic E-state index is 0.820. The molecule has 0 rings (SSSR count). The second-order valence-electron chi connectivity index (χ2n) is 1.39. The summed E-state index contributed by atoms with van der Waals surface area (Å²) >= 11 is 13.2. The fourth-order valence-corrected chi connectivity index (χ4v) is 0. The van der Waals surface area contributed by atoms with Gasteiger partial charge in [-0.15, -0.1) is 43.6 Å². The Bertz CT molecular complexity index is 65.4. The molecule has 0 aliphatic heterocycles. The Hall–Kier alpha value is 4.08. The zero-order valence-electron chi connectivity index (χ0n) is 3.89. The van der Waals surface area contributed by atoms with E-state index in [9.17, 15) is 0 Å². The van der Waals surface area contributed by atoms with Crippen LogP contribution in [0.4, 0.5) is 0 Å². The smallest absolute Gasteiger partial charge is 0.105 e. The molecule has 0 bridgehead atoms. The first-order valence-corrected chi connectivity index (χ1v) is 22.8. The first kappa shape index (κ1) is 12.1. The van der Waals surface area contributed by atoms with Gasteiger partial charge in [-0.25, -0.2) is 0 Å². The van der Waals surface area contributed by atoms with Gasteiger partial charge >= 0.3 is 0 Å². The van der Waals surface area contributed by atoms with E-state index in [1.165, 1.54) is 0 Å². The molecule has 0 aromatic carbocycles. The van der Waals surface area contributed by atoms with Gasteiger partial charge in [0, 0.05) is 0 Å². The standard InChI is InChI=1S/CH3I5Si2/c1-7(2,3)8(4,5)6/h1H3. The van der Waals surface area contributed by atoms with Crippen molar-refractivity contribution < 1.29 is 0 Å². The predicted octanol–water partition coefficient (Wildman–Crippen LogP) is 4.25. The lowest BCUT2D eigenvalue weighted by Gasteiger charge is -2.19. The minimum atomic E-state index is -0.837. The third-order valence-corrected chi connectivity index (χ3v) is 104.